The van der Waals surface area contributed by atoms with Crippen LogP contribution in [-0.2, 0) is 10.2 Å². The summed E-state index contributed by atoms with van der Waals surface area (Å²) in [6.45, 7) is 1.73. The van der Waals surface area contributed by atoms with Crippen LogP contribution in [0.1, 0.15) is 12.8 Å². The molecule has 19 heavy (non-hydrogen) atoms. The van der Waals surface area contributed by atoms with Crippen LogP contribution in [0.2, 0.25) is 0 Å². The van der Waals surface area contributed by atoms with Gasteiger partial charge in [0, 0.05) is 48.7 Å². The summed E-state index contributed by atoms with van der Waals surface area (Å²) in [7, 11) is -3.34. The standard InChI is InChI=1S/C11H22N2O3S3/c14-8-10-1-3-13(4-2-10)19(15,16)12-7-11-9-17-5-6-18-11/h10-12,14H,1-9H2. The molecule has 0 aromatic heterocycles. The Morgan fingerprint density at radius 1 is 1.26 bits per heavy atom. The first kappa shape index (κ1) is 15.9. The molecule has 0 aromatic carbocycles. The molecule has 0 saturated carbocycles. The molecule has 112 valence electrons. The molecule has 8 heteroatoms. The Morgan fingerprint density at radius 3 is 2.58 bits per heavy atom. The lowest BCUT2D eigenvalue weighted by atomic mass is 10.00. The van der Waals surface area contributed by atoms with Crippen LogP contribution < -0.4 is 4.72 Å². The van der Waals surface area contributed by atoms with Gasteiger partial charge >= 0.3 is 0 Å². The van der Waals surface area contributed by atoms with Crippen molar-refractivity contribution in [2.75, 3.05) is 43.5 Å². The minimum atomic E-state index is -3.34. The van der Waals surface area contributed by atoms with E-state index in [-0.39, 0.29) is 12.5 Å². The minimum absolute atomic E-state index is 0.164. The Kier molecular flexibility index (Phi) is 6.29. The smallest absolute Gasteiger partial charge is 0.279 e. The van der Waals surface area contributed by atoms with Gasteiger partial charge in [0.15, 0.2) is 0 Å². The van der Waals surface area contributed by atoms with Crippen LogP contribution in [-0.4, -0.2) is 66.6 Å². The molecular formula is C11H22N2O3S3. The predicted octanol–water partition coefficient (Wildman–Crippen LogP) is 0.374. The first-order chi connectivity index (χ1) is 9.12. The quantitative estimate of drug-likeness (QED) is 0.764. The van der Waals surface area contributed by atoms with E-state index in [1.54, 1.807) is 0 Å². The largest absolute Gasteiger partial charge is 0.396 e. The Balaban J connectivity index is 1.78. The van der Waals surface area contributed by atoms with Gasteiger partial charge in [-0.25, -0.2) is 4.72 Å². The fraction of sp³-hybridized carbons (Fsp3) is 1.00. The van der Waals surface area contributed by atoms with Gasteiger partial charge in [0.2, 0.25) is 0 Å². The summed E-state index contributed by atoms with van der Waals surface area (Å²) < 4.78 is 28.6. The molecule has 2 heterocycles. The number of aliphatic hydroxyl groups excluding tert-OH is 1. The summed E-state index contributed by atoms with van der Waals surface area (Å²) in [5, 5.41) is 9.46. The number of nitrogens with zero attached hydrogens (tertiary/aromatic N) is 1. The molecule has 0 aliphatic carbocycles. The lowest BCUT2D eigenvalue weighted by molar-refractivity contribution is 0.169. The van der Waals surface area contributed by atoms with Crippen LogP contribution in [0.3, 0.4) is 0 Å². The van der Waals surface area contributed by atoms with Crippen LogP contribution in [0.15, 0.2) is 0 Å². The molecule has 0 spiro atoms. The molecule has 0 bridgehead atoms. The first-order valence-corrected chi connectivity index (χ1v) is 10.3. The maximum absolute atomic E-state index is 12.2. The number of thioether (sulfide) groups is 2. The molecule has 2 aliphatic rings. The molecular weight excluding hydrogens is 304 g/mol. The van der Waals surface area contributed by atoms with Crippen molar-refractivity contribution in [1.29, 1.82) is 0 Å². The Bertz CT molecular complexity index is 363. The molecule has 2 N–H and O–H groups in total. The van der Waals surface area contributed by atoms with Crippen molar-refractivity contribution >= 4 is 33.7 Å². The van der Waals surface area contributed by atoms with E-state index in [0.717, 1.165) is 24.3 Å². The third-order valence-electron chi connectivity index (χ3n) is 3.55. The Hall–Kier alpha value is 0.530. The van der Waals surface area contributed by atoms with Gasteiger partial charge in [0.25, 0.3) is 10.2 Å². The van der Waals surface area contributed by atoms with Gasteiger partial charge in [-0.3, -0.25) is 0 Å². The van der Waals surface area contributed by atoms with Gasteiger partial charge in [-0.1, -0.05) is 0 Å². The summed E-state index contributed by atoms with van der Waals surface area (Å²) in [5.41, 5.74) is 0. The van der Waals surface area contributed by atoms with Crippen molar-refractivity contribution in [3.05, 3.63) is 0 Å². The predicted molar refractivity (Wildman–Crippen MR) is 81.9 cm³/mol. The molecule has 1 unspecified atom stereocenters. The summed E-state index contributed by atoms with van der Waals surface area (Å²) >= 11 is 3.75. The van der Waals surface area contributed by atoms with Crippen molar-refractivity contribution in [3.63, 3.8) is 0 Å². The van der Waals surface area contributed by atoms with Gasteiger partial charge in [-0.05, 0) is 18.8 Å². The van der Waals surface area contributed by atoms with Crippen LogP contribution in [0.4, 0.5) is 0 Å². The summed E-state index contributed by atoms with van der Waals surface area (Å²) in [4.78, 5) is 0. The van der Waals surface area contributed by atoms with Crippen LogP contribution in [0.25, 0.3) is 0 Å². The molecule has 1 atom stereocenters. The third kappa shape index (κ3) is 4.78. The number of aliphatic hydroxyl groups is 1. The summed E-state index contributed by atoms with van der Waals surface area (Å²) in [5.74, 6) is 3.57. The van der Waals surface area contributed by atoms with E-state index in [9.17, 15) is 8.42 Å². The van der Waals surface area contributed by atoms with E-state index in [2.05, 4.69) is 4.72 Å². The highest BCUT2D eigenvalue weighted by Gasteiger charge is 2.28. The average molecular weight is 327 g/mol. The van der Waals surface area contributed by atoms with Crippen LogP contribution >= 0.6 is 23.5 Å². The monoisotopic (exact) mass is 326 g/mol. The molecule has 0 amide bonds. The average Bonchev–Trinajstić information content (AvgIpc) is 2.46. The van der Waals surface area contributed by atoms with Gasteiger partial charge in [0.1, 0.15) is 0 Å². The van der Waals surface area contributed by atoms with Crippen LogP contribution in [0.5, 0.6) is 0 Å². The minimum Gasteiger partial charge on any atom is -0.396 e. The lowest BCUT2D eigenvalue weighted by Gasteiger charge is -2.31. The molecule has 5 nitrogen and oxygen atoms in total. The van der Waals surface area contributed by atoms with E-state index >= 15 is 0 Å². The van der Waals surface area contributed by atoms with E-state index in [1.165, 1.54) is 10.1 Å². The normalized spacial score (nSPS) is 27.5. The SMILES string of the molecule is O=S(=O)(NCC1CSCCS1)N1CCC(CO)CC1. The highest BCUT2D eigenvalue weighted by molar-refractivity contribution is 8.06. The molecule has 2 saturated heterocycles. The number of piperidine rings is 1. The zero-order chi connectivity index (χ0) is 13.7. The molecule has 2 aliphatic heterocycles. The summed E-state index contributed by atoms with van der Waals surface area (Å²) in [6, 6.07) is 0. The van der Waals surface area contributed by atoms with E-state index in [0.29, 0.717) is 24.9 Å². The Morgan fingerprint density at radius 2 is 2.00 bits per heavy atom. The van der Waals surface area contributed by atoms with Crippen molar-refractivity contribution in [1.82, 2.24) is 9.03 Å². The maximum Gasteiger partial charge on any atom is 0.279 e. The van der Waals surface area contributed by atoms with Crippen molar-refractivity contribution in [3.8, 4) is 0 Å². The van der Waals surface area contributed by atoms with Gasteiger partial charge < -0.3 is 5.11 Å². The van der Waals surface area contributed by atoms with Crippen molar-refractivity contribution in [2.45, 2.75) is 18.1 Å². The second kappa shape index (κ2) is 7.51. The zero-order valence-corrected chi connectivity index (χ0v) is 13.4. The highest BCUT2D eigenvalue weighted by atomic mass is 32.2. The molecule has 0 radical (unpaired) electrons. The van der Waals surface area contributed by atoms with E-state index in [1.807, 2.05) is 23.5 Å². The first-order valence-electron chi connectivity index (χ1n) is 6.67. The van der Waals surface area contributed by atoms with E-state index < -0.39 is 10.2 Å². The Labute approximate surface area is 124 Å². The number of hydrogen-bond donors (Lipinski definition) is 2. The van der Waals surface area contributed by atoms with Gasteiger partial charge in [-0.2, -0.15) is 36.2 Å². The second-order valence-corrected chi connectivity index (χ2v) is 9.26. The fourth-order valence-electron chi connectivity index (χ4n) is 2.28. The zero-order valence-electron chi connectivity index (χ0n) is 11.0. The number of rotatable bonds is 5. The lowest BCUT2D eigenvalue weighted by Crippen LogP contribution is -2.47. The molecule has 2 fully saturated rings. The third-order valence-corrected chi connectivity index (χ3v) is 7.97. The van der Waals surface area contributed by atoms with Crippen LogP contribution in [0, 0.1) is 5.92 Å². The molecule has 0 aromatic rings. The maximum atomic E-state index is 12.2. The number of hydrogen-bond acceptors (Lipinski definition) is 5. The fourth-order valence-corrected chi connectivity index (χ4v) is 6.28. The van der Waals surface area contributed by atoms with Crippen molar-refractivity contribution < 1.29 is 13.5 Å². The highest BCUT2D eigenvalue weighted by Crippen LogP contribution is 2.24. The van der Waals surface area contributed by atoms with Crippen molar-refractivity contribution in [2.24, 2.45) is 5.92 Å². The second-order valence-electron chi connectivity index (χ2n) is 4.95. The summed E-state index contributed by atoms with van der Waals surface area (Å²) in [6.07, 6.45) is 1.51. The topological polar surface area (TPSA) is 69.6 Å². The molecule has 2 rings (SSSR count). The van der Waals surface area contributed by atoms with E-state index in [4.69, 9.17) is 5.11 Å². The number of nitrogens with one attached hydrogen (secondary N) is 1. The van der Waals surface area contributed by atoms with Gasteiger partial charge in [0.05, 0.1) is 0 Å². The van der Waals surface area contributed by atoms with Gasteiger partial charge in [-0.15, -0.1) is 0 Å².